The predicted molar refractivity (Wildman–Crippen MR) is 85.1 cm³/mol. The second-order valence-electron chi connectivity index (χ2n) is 4.75. The predicted octanol–water partition coefficient (Wildman–Crippen LogP) is 3.98. The lowest BCUT2D eigenvalue weighted by molar-refractivity contribution is 0.102. The number of benzene rings is 1. The highest BCUT2D eigenvalue weighted by Gasteiger charge is 2.06. The van der Waals surface area contributed by atoms with Crippen molar-refractivity contribution in [1.29, 1.82) is 0 Å². The summed E-state index contributed by atoms with van der Waals surface area (Å²) in [5, 5.41) is 3.44. The first-order valence-electron chi connectivity index (χ1n) is 6.57. The number of nitrogens with zero attached hydrogens (tertiary/aromatic N) is 1. The maximum absolute atomic E-state index is 12.0. The number of thioether (sulfide) groups is 1. The minimum absolute atomic E-state index is 0.110. The fourth-order valence-corrected chi connectivity index (χ4v) is 2.37. The second kappa shape index (κ2) is 7.10. The number of hydrogen-bond acceptors (Lipinski definition) is 3. The van der Waals surface area contributed by atoms with E-state index in [0.717, 1.165) is 5.75 Å². The van der Waals surface area contributed by atoms with Crippen LogP contribution in [-0.4, -0.2) is 16.1 Å². The molecule has 0 aliphatic rings. The highest BCUT2D eigenvalue weighted by molar-refractivity contribution is 7.99. The topological polar surface area (TPSA) is 42.0 Å². The fraction of sp³-hybridized carbons (Fsp3) is 0.250. The maximum atomic E-state index is 12.0. The van der Waals surface area contributed by atoms with Crippen molar-refractivity contribution in [2.45, 2.75) is 24.9 Å². The molecule has 2 aromatic rings. The van der Waals surface area contributed by atoms with E-state index in [1.165, 1.54) is 5.56 Å². The summed E-state index contributed by atoms with van der Waals surface area (Å²) in [6.45, 7) is 4.36. The van der Waals surface area contributed by atoms with Gasteiger partial charge in [-0.05, 0) is 35.1 Å². The standard InChI is InChI=1S/C16H18N2OS/c1-12(2)20-11-13-5-7-14(8-6-13)16(19)18-15-4-3-9-17-10-15/h3-10,12H,11H2,1-2H3,(H,18,19). The number of hydrogen-bond donors (Lipinski definition) is 1. The first-order valence-corrected chi connectivity index (χ1v) is 7.62. The number of carbonyl (C=O) groups excluding carboxylic acids is 1. The number of rotatable bonds is 5. The van der Waals surface area contributed by atoms with Gasteiger partial charge in [0.1, 0.15) is 0 Å². The first-order chi connectivity index (χ1) is 9.65. The summed E-state index contributed by atoms with van der Waals surface area (Å²) in [5.74, 6) is 0.864. The maximum Gasteiger partial charge on any atom is 0.255 e. The van der Waals surface area contributed by atoms with Crippen LogP contribution in [0, 0.1) is 0 Å². The van der Waals surface area contributed by atoms with Crippen LogP contribution < -0.4 is 5.32 Å². The van der Waals surface area contributed by atoms with Crippen LogP contribution in [0.1, 0.15) is 29.8 Å². The van der Waals surface area contributed by atoms with Crippen LogP contribution in [0.25, 0.3) is 0 Å². The van der Waals surface area contributed by atoms with Gasteiger partial charge >= 0.3 is 0 Å². The largest absolute Gasteiger partial charge is 0.321 e. The van der Waals surface area contributed by atoms with Crippen molar-refractivity contribution < 1.29 is 4.79 Å². The lowest BCUT2D eigenvalue weighted by Gasteiger charge is -2.07. The summed E-state index contributed by atoms with van der Waals surface area (Å²) in [7, 11) is 0. The molecule has 0 radical (unpaired) electrons. The lowest BCUT2D eigenvalue weighted by Crippen LogP contribution is -2.11. The molecule has 0 atom stereocenters. The van der Waals surface area contributed by atoms with Gasteiger partial charge in [0.05, 0.1) is 11.9 Å². The minimum Gasteiger partial charge on any atom is -0.321 e. The average molecular weight is 286 g/mol. The Bertz CT molecular complexity index is 552. The minimum atomic E-state index is -0.110. The van der Waals surface area contributed by atoms with E-state index in [2.05, 4.69) is 24.1 Å². The zero-order valence-electron chi connectivity index (χ0n) is 11.7. The van der Waals surface area contributed by atoms with Gasteiger partial charge in [-0.1, -0.05) is 26.0 Å². The molecule has 1 aromatic heterocycles. The van der Waals surface area contributed by atoms with E-state index in [1.807, 2.05) is 42.1 Å². The van der Waals surface area contributed by atoms with Gasteiger partial charge < -0.3 is 5.32 Å². The number of pyridine rings is 1. The van der Waals surface area contributed by atoms with Gasteiger partial charge in [0.25, 0.3) is 5.91 Å². The molecule has 1 aromatic carbocycles. The lowest BCUT2D eigenvalue weighted by atomic mass is 10.1. The average Bonchev–Trinajstić information content (AvgIpc) is 2.46. The Morgan fingerprint density at radius 2 is 2.00 bits per heavy atom. The van der Waals surface area contributed by atoms with Crippen LogP contribution >= 0.6 is 11.8 Å². The highest BCUT2D eigenvalue weighted by atomic mass is 32.2. The zero-order chi connectivity index (χ0) is 14.4. The van der Waals surface area contributed by atoms with Crippen LogP contribution in [0.15, 0.2) is 48.8 Å². The van der Waals surface area contributed by atoms with E-state index in [1.54, 1.807) is 18.5 Å². The Labute approximate surface area is 123 Å². The van der Waals surface area contributed by atoms with Crippen LogP contribution in [0.2, 0.25) is 0 Å². The molecule has 0 saturated heterocycles. The van der Waals surface area contributed by atoms with Gasteiger partial charge in [0, 0.05) is 17.5 Å². The molecule has 0 bridgehead atoms. The van der Waals surface area contributed by atoms with Gasteiger partial charge in [0.15, 0.2) is 0 Å². The first kappa shape index (κ1) is 14.6. The summed E-state index contributed by atoms with van der Waals surface area (Å²) in [6.07, 6.45) is 3.31. The van der Waals surface area contributed by atoms with Crippen molar-refractivity contribution in [2.75, 3.05) is 5.32 Å². The second-order valence-corrected chi connectivity index (χ2v) is 6.32. The summed E-state index contributed by atoms with van der Waals surface area (Å²) >= 11 is 1.89. The molecule has 4 heteroatoms. The van der Waals surface area contributed by atoms with Crippen molar-refractivity contribution in [3.8, 4) is 0 Å². The molecular formula is C16H18N2OS. The van der Waals surface area contributed by atoms with Gasteiger partial charge in [-0.3, -0.25) is 9.78 Å². The van der Waals surface area contributed by atoms with Crippen LogP contribution in [0.4, 0.5) is 5.69 Å². The van der Waals surface area contributed by atoms with E-state index in [-0.39, 0.29) is 5.91 Å². The number of anilines is 1. The van der Waals surface area contributed by atoms with Crippen molar-refractivity contribution in [3.05, 3.63) is 59.9 Å². The van der Waals surface area contributed by atoms with E-state index >= 15 is 0 Å². The van der Waals surface area contributed by atoms with Gasteiger partial charge in [0.2, 0.25) is 0 Å². The van der Waals surface area contributed by atoms with Gasteiger partial charge in [-0.25, -0.2) is 0 Å². The number of nitrogens with one attached hydrogen (secondary N) is 1. The third-order valence-corrected chi connectivity index (χ3v) is 3.89. The zero-order valence-corrected chi connectivity index (χ0v) is 12.5. The Kier molecular flexibility index (Phi) is 5.18. The molecule has 1 N–H and O–H groups in total. The molecule has 1 heterocycles. The summed E-state index contributed by atoms with van der Waals surface area (Å²) in [4.78, 5) is 16.0. The number of aromatic nitrogens is 1. The summed E-state index contributed by atoms with van der Waals surface area (Å²) in [6, 6.07) is 11.4. The summed E-state index contributed by atoms with van der Waals surface area (Å²) in [5.41, 5.74) is 2.60. The van der Waals surface area contributed by atoms with Crippen molar-refractivity contribution in [3.63, 3.8) is 0 Å². The van der Waals surface area contributed by atoms with Crippen LogP contribution in [-0.2, 0) is 5.75 Å². The normalized spacial score (nSPS) is 10.6. The molecule has 0 aliphatic carbocycles. The molecule has 104 valence electrons. The number of carbonyl (C=O) groups is 1. The molecule has 3 nitrogen and oxygen atoms in total. The Hall–Kier alpha value is -1.81. The van der Waals surface area contributed by atoms with Crippen molar-refractivity contribution >= 4 is 23.4 Å². The molecular weight excluding hydrogens is 268 g/mol. The van der Waals surface area contributed by atoms with Gasteiger partial charge in [-0.2, -0.15) is 11.8 Å². The molecule has 1 amide bonds. The Balaban J connectivity index is 1.97. The molecule has 0 saturated carbocycles. The third kappa shape index (κ3) is 4.38. The van der Waals surface area contributed by atoms with Crippen molar-refractivity contribution in [1.82, 2.24) is 4.98 Å². The smallest absolute Gasteiger partial charge is 0.255 e. The molecule has 2 rings (SSSR count). The molecule has 20 heavy (non-hydrogen) atoms. The SMILES string of the molecule is CC(C)SCc1ccc(C(=O)Nc2cccnc2)cc1. The summed E-state index contributed by atoms with van der Waals surface area (Å²) < 4.78 is 0. The Morgan fingerprint density at radius 1 is 1.25 bits per heavy atom. The van der Waals surface area contributed by atoms with Crippen LogP contribution in [0.3, 0.4) is 0 Å². The Morgan fingerprint density at radius 3 is 2.60 bits per heavy atom. The van der Waals surface area contributed by atoms with Crippen molar-refractivity contribution in [2.24, 2.45) is 0 Å². The highest BCUT2D eigenvalue weighted by Crippen LogP contribution is 2.17. The molecule has 0 unspecified atom stereocenters. The number of amides is 1. The van der Waals surface area contributed by atoms with Gasteiger partial charge in [-0.15, -0.1) is 0 Å². The molecule has 0 aliphatic heterocycles. The molecule has 0 fully saturated rings. The fourth-order valence-electron chi connectivity index (χ4n) is 1.66. The molecule has 0 spiro atoms. The van der Waals surface area contributed by atoms with E-state index in [4.69, 9.17) is 0 Å². The third-order valence-electron chi connectivity index (χ3n) is 2.72. The quantitative estimate of drug-likeness (QED) is 0.904. The van der Waals surface area contributed by atoms with Crippen LogP contribution in [0.5, 0.6) is 0 Å². The monoisotopic (exact) mass is 286 g/mol. The van der Waals surface area contributed by atoms with E-state index in [0.29, 0.717) is 16.5 Å². The van der Waals surface area contributed by atoms with E-state index in [9.17, 15) is 4.79 Å². The van der Waals surface area contributed by atoms with E-state index < -0.39 is 0 Å².